The average molecular weight is 427 g/mol. The van der Waals surface area contributed by atoms with Gasteiger partial charge in [0.2, 0.25) is 0 Å². The Morgan fingerprint density at radius 1 is 1.29 bits per heavy atom. The number of pyridine rings is 2. The van der Waals surface area contributed by atoms with E-state index < -0.39 is 0 Å². The molecule has 28 heavy (non-hydrogen) atoms. The van der Waals surface area contributed by atoms with Crippen LogP contribution in [0.2, 0.25) is 0 Å². The molecule has 3 heterocycles. The Morgan fingerprint density at radius 3 is 2.71 bits per heavy atom. The number of hydrogen-bond acceptors (Lipinski definition) is 4. The van der Waals surface area contributed by atoms with Crippen molar-refractivity contribution in [2.75, 3.05) is 19.6 Å². The fourth-order valence-corrected chi connectivity index (χ4v) is 3.40. The van der Waals surface area contributed by atoms with Crippen LogP contribution in [-0.4, -0.2) is 35.1 Å². The van der Waals surface area contributed by atoms with Crippen LogP contribution in [0.1, 0.15) is 34.3 Å². The predicted octanol–water partition coefficient (Wildman–Crippen LogP) is 2.37. The predicted molar refractivity (Wildman–Crippen MR) is 116 cm³/mol. The zero-order chi connectivity index (χ0) is 18.4. The minimum absolute atomic E-state index is 0. The topological polar surface area (TPSA) is 76.0 Å². The van der Waals surface area contributed by atoms with E-state index in [1.54, 1.807) is 23.2 Å². The third kappa shape index (κ3) is 6.33. The quantitative estimate of drug-likeness (QED) is 0.742. The van der Waals surface area contributed by atoms with E-state index in [-0.39, 0.29) is 41.8 Å². The van der Waals surface area contributed by atoms with Crippen molar-refractivity contribution in [1.29, 1.82) is 0 Å². The van der Waals surface area contributed by atoms with Gasteiger partial charge in [-0.15, -0.1) is 24.8 Å². The molecule has 0 spiro atoms. The summed E-state index contributed by atoms with van der Waals surface area (Å²) in [6, 6.07) is 5.70. The van der Waals surface area contributed by atoms with Crippen molar-refractivity contribution in [1.82, 2.24) is 20.2 Å². The zero-order valence-electron chi connectivity index (χ0n) is 16.0. The van der Waals surface area contributed by atoms with E-state index >= 15 is 0 Å². The molecule has 6 nitrogen and oxygen atoms in total. The summed E-state index contributed by atoms with van der Waals surface area (Å²) < 4.78 is 1.68. The number of amides is 1. The lowest BCUT2D eigenvalue weighted by molar-refractivity contribution is 0.0951. The van der Waals surface area contributed by atoms with Crippen molar-refractivity contribution >= 4 is 30.7 Å². The first kappa shape index (κ1) is 24.1. The van der Waals surface area contributed by atoms with Crippen molar-refractivity contribution in [3.63, 3.8) is 0 Å². The van der Waals surface area contributed by atoms with Gasteiger partial charge in [0.1, 0.15) is 5.56 Å². The second-order valence-corrected chi connectivity index (χ2v) is 6.91. The molecule has 3 rings (SSSR count). The van der Waals surface area contributed by atoms with E-state index in [1.807, 2.05) is 25.1 Å². The van der Waals surface area contributed by atoms with E-state index in [9.17, 15) is 9.59 Å². The van der Waals surface area contributed by atoms with Gasteiger partial charge in [-0.05, 0) is 74.5 Å². The minimum Gasteiger partial charge on any atom is -0.352 e. The van der Waals surface area contributed by atoms with Gasteiger partial charge in [0, 0.05) is 31.7 Å². The normalized spacial score (nSPS) is 15.8. The molecule has 0 aromatic carbocycles. The van der Waals surface area contributed by atoms with Crippen molar-refractivity contribution in [2.24, 2.45) is 5.92 Å². The first-order valence-corrected chi connectivity index (χ1v) is 9.23. The summed E-state index contributed by atoms with van der Waals surface area (Å²) in [6.07, 6.45) is 8.23. The molecule has 1 aliphatic rings. The van der Waals surface area contributed by atoms with Crippen LogP contribution >= 0.6 is 24.8 Å². The van der Waals surface area contributed by atoms with Crippen LogP contribution in [0.4, 0.5) is 0 Å². The summed E-state index contributed by atoms with van der Waals surface area (Å²) in [5.74, 6) is 0.143. The Kier molecular flexibility index (Phi) is 10.2. The molecule has 0 saturated carbocycles. The van der Waals surface area contributed by atoms with Gasteiger partial charge in [-0.25, -0.2) is 0 Å². The lowest BCUT2D eigenvalue weighted by Gasteiger charge is -2.23. The maximum Gasteiger partial charge on any atom is 0.263 e. The summed E-state index contributed by atoms with van der Waals surface area (Å²) in [7, 11) is 0. The van der Waals surface area contributed by atoms with Crippen LogP contribution in [0.5, 0.6) is 0 Å². The second kappa shape index (κ2) is 11.8. The molecule has 8 heteroatoms. The first-order chi connectivity index (χ1) is 12.6. The fourth-order valence-electron chi connectivity index (χ4n) is 3.40. The highest BCUT2D eigenvalue weighted by atomic mass is 35.5. The third-order valence-electron chi connectivity index (χ3n) is 4.90. The molecule has 1 aliphatic heterocycles. The third-order valence-corrected chi connectivity index (χ3v) is 4.90. The number of piperidine rings is 1. The molecule has 1 unspecified atom stereocenters. The van der Waals surface area contributed by atoms with Crippen LogP contribution in [0.3, 0.4) is 0 Å². The number of aromatic nitrogens is 2. The number of carbonyl (C=O) groups excluding carboxylic acids is 1. The summed E-state index contributed by atoms with van der Waals surface area (Å²) in [6.45, 7) is 4.93. The maximum absolute atomic E-state index is 12.8. The fraction of sp³-hybridized carbons (Fsp3) is 0.450. The van der Waals surface area contributed by atoms with Crippen molar-refractivity contribution < 1.29 is 4.79 Å². The highest BCUT2D eigenvalue weighted by Crippen LogP contribution is 2.12. The Hall–Kier alpha value is -1.89. The molecule has 0 radical (unpaired) electrons. The first-order valence-electron chi connectivity index (χ1n) is 9.23. The van der Waals surface area contributed by atoms with Crippen LogP contribution < -0.4 is 16.2 Å². The molecule has 1 amide bonds. The van der Waals surface area contributed by atoms with Crippen LogP contribution in [0, 0.1) is 12.8 Å². The van der Waals surface area contributed by atoms with Crippen LogP contribution in [0.15, 0.2) is 41.6 Å². The van der Waals surface area contributed by atoms with Crippen molar-refractivity contribution in [3.05, 3.63) is 63.8 Å². The summed E-state index contributed by atoms with van der Waals surface area (Å²) in [4.78, 5) is 29.4. The summed E-state index contributed by atoms with van der Waals surface area (Å²) in [5.41, 5.74) is 1.88. The Bertz CT molecular complexity index is 806. The lowest BCUT2D eigenvalue weighted by atomic mass is 9.99. The molecule has 2 aromatic heterocycles. The summed E-state index contributed by atoms with van der Waals surface area (Å²) in [5, 5.41) is 6.24. The van der Waals surface area contributed by atoms with Gasteiger partial charge >= 0.3 is 0 Å². The van der Waals surface area contributed by atoms with Gasteiger partial charge in [-0.1, -0.05) is 0 Å². The van der Waals surface area contributed by atoms with E-state index in [2.05, 4.69) is 15.6 Å². The Balaban J connectivity index is 0.00000196. The smallest absolute Gasteiger partial charge is 0.263 e. The highest BCUT2D eigenvalue weighted by Gasteiger charge is 2.18. The molecule has 2 aromatic rings. The van der Waals surface area contributed by atoms with Crippen LogP contribution in [0.25, 0.3) is 0 Å². The lowest BCUT2D eigenvalue weighted by Crippen LogP contribution is -2.38. The molecule has 154 valence electrons. The molecular formula is C20H28Cl2N4O2. The second-order valence-electron chi connectivity index (χ2n) is 6.91. The average Bonchev–Trinajstić information content (AvgIpc) is 2.66. The van der Waals surface area contributed by atoms with Crippen LogP contribution in [-0.2, 0) is 13.0 Å². The number of halogens is 2. The van der Waals surface area contributed by atoms with Gasteiger partial charge in [-0.3, -0.25) is 14.6 Å². The Labute approximate surface area is 178 Å². The number of hydrogen-bond donors (Lipinski definition) is 2. The van der Waals surface area contributed by atoms with Gasteiger partial charge < -0.3 is 15.2 Å². The number of carbonyl (C=O) groups is 1. The molecular weight excluding hydrogens is 399 g/mol. The van der Waals surface area contributed by atoms with Crippen molar-refractivity contribution in [3.8, 4) is 0 Å². The van der Waals surface area contributed by atoms with Gasteiger partial charge in [0.25, 0.3) is 11.5 Å². The van der Waals surface area contributed by atoms with Crippen molar-refractivity contribution in [2.45, 2.75) is 32.7 Å². The molecule has 2 N–H and O–H groups in total. The number of nitrogens with zero attached hydrogens (tertiary/aromatic N) is 2. The molecule has 1 fully saturated rings. The summed E-state index contributed by atoms with van der Waals surface area (Å²) >= 11 is 0. The number of nitrogens with one attached hydrogen (secondary N) is 2. The molecule has 0 aliphatic carbocycles. The van der Waals surface area contributed by atoms with E-state index in [0.29, 0.717) is 25.4 Å². The van der Waals surface area contributed by atoms with Gasteiger partial charge in [-0.2, -0.15) is 0 Å². The molecule has 1 saturated heterocycles. The van der Waals surface area contributed by atoms with E-state index in [1.165, 1.54) is 0 Å². The SMILES string of the molecule is Cc1ccn(CC2CCCNC2)c(=O)c1C(=O)NCCc1ccncc1.Cl.Cl. The monoisotopic (exact) mass is 426 g/mol. The maximum atomic E-state index is 12.8. The van der Waals surface area contributed by atoms with E-state index in [0.717, 1.165) is 37.1 Å². The zero-order valence-corrected chi connectivity index (χ0v) is 17.7. The van der Waals surface area contributed by atoms with Gasteiger partial charge in [0.05, 0.1) is 0 Å². The number of rotatable bonds is 6. The molecule has 1 atom stereocenters. The number of aryl methyl sites for hydroxylation is 1. The largest absolute Gasteiger partial charge is 0.352 e. The standard InChI is InChI=1S/C20H26N4O2.2ClH/c1-15-7-12-24(14-17-3-2-8-22-13-17)20(26)18(15)19(25)23-11-6-16-4-9-21-10-5-16;;/h4-5,7,9-10,12,17,22H,2-3,6,8,11,13-14H2,1H3,(H,23,25);2*1H. The molecule has 0 bridgehead atoms. The highest BCUT2D eigenvalue weighted by molar-refractivity contribution is 5.95. The minimum atomic E-state index is -0.294. The van der Waals surface area contributed by atoms with E-state index in [4.69, 9.17) is 0 Å². The Morgan fingerprint density at radius 2 is 2.04 bits per heavy atom. The van der Waals surface area contributed by atoms with Gasteiger partial charge in [0.15, 0.2) is 0 Å².